The Morgan fingerprint density at radius 3 is 2.84 bits per heavy atom. The zero-order valence-electron chi connectivity index (χ0n) is 18.8. The van der Waals surface area contributed by atoms with E-state index < -0.39 is 0 Å². The molecule has 4 rings (SSSR count). The Kier molecular flexibility index (Phi) is 7.59. The molecule has 1 aromatic heterocycles. The van der Waals surface area contributed by atoms with E-state index in [-0.39, 0.29) is 12.0 Å². The van der Waals surface area contributed by atoms with Crippen molar-refractivity contribution in [2.24, 2.45) is 10.9 Å². The number of carbonyl (C=O) groups excluding carboxylic acids is 1. The van der Waals surface area contributed by atoms with Crippen LogP contribution in [-0.2, 0) is 17.9 Å². The molecule has 7 nitrogen and oxygen atoms in total. The number of likely N-dealkylation sites (tertiary alicyclic amines) is 1. The van der Waals surface area contributed by atoms with E-state index in [9.17, 15) is 4.79 Å². The smallest absolute Gasteiger partial charge is 0.225 e. The molecule has 2 heterocycles. The Morgan fingerprint density at radius 2 is 2.06 bits per heavy atom. The predicted octanol–water partition coefficient (Wildman–Crippen LogP) is 3.12. The molecule has 2 aromatic rings. The van der Waals surface area contributed by atoms with Crippen LogP contribution < -0.4 is 15.4 Å². The van der Waals surface area contributed by atoms with Crippen molar-refractivity contribution in [2.75, 3.05) is 20.1 Å². The van der Waals surface area contributed by atoms with E-state index in [2.05, 4.69) is 26.7 Å². The van der Waals surface area contributed by atoms with Crippen molar-refractivity contribution >= 4 is 11.9 Å². The van der Waals surface area contributed by atoms with Gasteiger partial charge in [-0.15, -0.1) is 0 Å². The number of nitrogens with zero attached hydrogens (tertiary/aromatic N) is 3. The van der Waals surface area contributed by atoms with Gasteiger partial charge in [-0.3, -0.25) is 14.8 Å². The van der Waals surface area contributed by atoms with Crippen LogP contribution in [0, 0.1) is 5.92 Å². The van der Waals surface area contributed by atoms with Gasteiger partial charge in [0.1, 0.15) is 12.4 Å². The van der Waals surface area contributed by atoms with Crippen LogP contribution >= 0.6 is 0 Å². The monoisotopic (exact) mass is 435 g/mol. The lowest BCUT2D eigenvalue weighted by molar-refractivity contribution is -0.134. The Labute approximate surface area is 190 Å². The number of ether oxygens (including phenoxy) is 1. The van der Waals surface area contributed by atoms with Gasteiger partial charge >= 0.3 is 0 Å². The lowest BCUT2D eigenvalue weighted by Crippen LogP contribution is -2.45. The molecule has 0 radical (unpaired) electrons. The maximum Gasteiger partial charge on any atom is 0.225 e. The number of nitrogens with one attached hydrogen (secondary N) is 2. The zero-order chi connectivity index (χ0) is 22.2. The largest absolute Gasteiger partial charge is 0.487 e. The SMILES string of the molecule is CN=C(NCc1cccc(OCc2ccccn2)c1)NC1CCN(C(=O)C2CCCC2)C1. The second-order valence-electron chi connectivity index (χ2n) is 8.58. The first kappa shape index (κ1) is 22.1. The van der Waals surface area contributed by atoms with Gasteiger partial charge in [-0.1, -0.05) is 31.0 Å². The number of guanidine groups is 1. The fourth-order valence-electron chi connectivity index (χ4n) is 4.47. The highest BCUT2D eigenvalue weighted by Gasteiger charge is 2.32. The molecule has 1 aromatic carbocycles. The summed E-state index contributed by atoms with van der Waals surface area (Å²) in [6.07, 6.45) is 7.22. The van der Waals surface area contributed by atoms with E-state index in [1.165, 1.54) is 12.8 Å². The van der Waals surface area contributed by atoms with Crippen LogP contribution in [0.1, 0.15) is 43.4 Å². The molecule has 2 fully saturated rings. The molecule has 0 spiro atoms. The van der Waals surface area contributed by atoms with Gasteiger partial charge in [-0.25, -0.2) is 0 Å². The molecule has 0 bridgehead atoms. The molecular formula is C25H33N5O2. The summed E-state index contributed by atoms with van der Waals surface area (Å²) < 4.78 is 5.88. The van der Waals surface area contributed by atoms with Gasteiger partial charge in [0.2, 0.25) is 5.91 Å². The van der Waals surface area contributed by atoms with Crippen molar-refractivity contribution in [3.63, 3.8) is 0 Å². The highest BCUT2D eigenvalue weighted by molar-refractivity contribution is 5.81. The van der Waals surface area contributed by atoms with E-state index >= 15 is 0 Å². The summed E-state index contributed by atoms with van der Waals surface area (Å²) in [6.45, 7) is 2.67. The first-order valence-electron chi connectivity index (χ1n) is 11.6. The number of pyridine rings is 1. The first-order valence-corrected chi connectivity index (χ1v) is 11.6. The summed E-state index contributed by atoms with van der Waals surface area (Å²) in [5.74, 6) is 2.16. The summed E-state index contributed by atoms with van der Waals surface area (Å²) in [4.78, 5) is 23.4. The number of amides is 1. The van der Waals surface area contributed by atoms with Crippen molar-refractivity contribution in [3.8, 4) is 5.75 Å². The molecule has 1 amide bonds. The summed E-state index contributed by atoms with van der Waals surface area (Å²) in [7, 11) is 1.78. The van der Waals surface area contributed by atoms with Crippen LogP contribution in [0.2, 0.25) is 0 Å². The Morgan fingerprint density at radius 1 is 1.19 bits per heavy atom. The topological polar surface area (TPSA) is 78.9 Å². The molecule has 170 valence electrons. The second kappa shape index (κ2) is 11.0. The number of hydrogen-bond acceptors (Lipinski definition) is 4. The number of hydrogen-bond donors (Lipinski definition) is 2. The minimum absolute atomic E-state index is 0.236. The Hall–Kier alpha value is -3.09. The molecule has 2 aliphatic rings. The van der Waals surface area contributed by atoms with Crippen molar-refractivity contribution < 1.29 is 9.53 Å². The van der Waals surface area contributed by atoms with Crippen molar-refractivity contribution in [3.05, 3.63) is 59.9 Å². The lowest BCUT2D eigenvalue weighted by atomic mass is 10.1. The maximum atomic E-state index is 12.7. The van der Waals surface area contributed by atoms with E-state index in [0.717, 1.165) is 55.3 Å². The van der Waals surface area contributed by atoms with Gasteiger partial charge in [0, 0.05) is 44.8 Å². The van der Waals surface area contributed by atoms with Gasteiger partial charge in [0.05, 0.1) is 5.69 Å². The van der Waals surface area contributed by atoms with Gasteiger partial charge < -0.3 is 20.3 Å². The molecule has 1 saturated heterocycles. The minimum atomic E-state index is 0.236. The number of carbonyl (C=O) groups is 1. The Bertz CT molecular complexity index is 912. The Balaban J connectivity index is 1.23. The molecule has 1 aliphatic carbocycles. The van der Waals surface area contributed by atoms with Crippen LogP contribution in [-0.4, -0.2) is 47.9 Å². The molecule has 1 unspecified atom stereocenters. The molecule has 1 aliphatic heterocycles. The van der Waals surface area contributed by atoms with E-state index in [1.54, 1.807) is 13.2 Å². The second-order valence-corrected chi connectivity index (χ2v) is 8.58. The maximum absolute atomic E-state index is 12.7. The van der Waals surface area contributed by atoms with Crippen LogP contribution in [0.15, 0.2) is 53.7 Å². The lowest BCUT2D eigenvalue weighted by Gasteiger charge is -2.21. The average molecular weight is 436 g/mol. The third kappa shape index (κ3) is 5.99. The minimum Gasteiger partial charge on any atom is -0.487 e. The van der Waals surface area contributed by atoms with Crippen molar-refractivity contribution in [2.45, 2.75) is 51.3 Å². The van der Waals surface area contributed by atoms with Crippen LogP contribution in [0.5, 0.6) is 5.75 Å². The summed E-state index contributed by atoms with van der Waals surface area (Å²) in [5, 5.41) is 6.86. The number of rotatable bonds is 7. The quantitative estimate of drug-likeness (QED) is 0.516. The molecule has 1 saturated carbocycles. The highest BCUT2D eigenvalue weighted by Crippen LogP contribution is 2.27. The number of aromatic nitrogens is 1. The summed E-state index contributed by atoms with van der Waals surface area (Å²) in [5.41, 5.74) is 2.01. The van der Waals surface area contributed by atoms with E-state index in [4.69, 9.17) is 4.74 Å². The fourth-order valence-corrected chi connectivity index (χ4v) is 4.47. The standard InChI is InChI=1S/C25H33N5O2/c1-26-25(29-21-12-14-30(17-21)24(31)20-8-2-3-9-20)28-16-19-7-6-11-23(15-19)32-18-22-10-4-5-13-27-22/h4-7,10-11,13,15,20-21H,2-3,8-9,12,14,16-18H2,1H3,(H2,26,28,29). The highest BCUT2D eigenvalue weighted by atomic mass is 16.5. The van der Waals surface area contributed by atoms with Crippen LogP contribution in [0.4, 0.5) is 0 Å². The van der Waals surface area contributed by atoms with E-state index in [1.807, 2.05) is 41.3 Å². The van der Waals surface area contributed by atoms with Crippen LogP contribution in [0.25, 0.3) is 0 Å². The average Bonchev–Trinajstić information content (AvgIpc) is 3.53. The molecule has 32 heavy (non-hydrogen) atoms. The van der Waals surface area contributed by atoms with Gasteiger partial charge in [-0.2, -0.15) is 0 Å². The van der Waals surface area contributed by atoms with Gasteiger partial charge in [0.15, 0.2) is 5.96 Å². The van der Waals surface area contributed by atoms with Crippen molar-refractivity contribution in [1.29, 1.82) is 0 Å². The molecular weight excluding hydrogens is 402 g/mol. The molecule has 7 heteroatoms. The first-order chi connectivity index (χ1) is 15.7. The molecule has 1 atom stereocenters. The van der Waals surface area contributed by atoms with Crippen molar-refractivity contribution in [1.82, 2.24) is 20.5 Å². The third-order valence-electron chi connectivity index (χ3n) is 6.24. The zero-order valence-corrected chi connectivity index (χ0v) is 18.8. The fraction of sp³-hybridized carbons (Fsp3) is 0.480. The summed E-state index contributed by atoms with van der Waals surface area (Å²) in [6, 6.07) is 14.1. The normalized spacial score (nSPS) is 19.2. The van der Waals surface area contributed by atoms with Gasteiger partial charge in [-0.05, 0) is 49.1 Å². The summed E-state index contributed by atoms with van der Waals surface area (Å²) >= 11 is 0. The van der Waals surface area contributed by atoms with Gasteiger partial charge in [0.25, 0.3) is 0 Å². The van der Waals surface area contributed by atoms with Crippen LogP contribution in [0.3, 0.4) is 0 Å². The molecule has 2 N–H and O–H groups in total. The van der Waals surface area contributed by atoms with E-state index in [0.29, 0.717) is 19.1 Å². The predicted molar refractivity (Wildman–Crippen MR) is 125 cm³/mol. The number of benzene rings is 1. The number of aliphatic imine (C=N–C) groups is 1. The third-order valence-corrected chi connectivity index (χ3v) is 6.24.